The van der Waals surface area contributed by atoms with E-state index in [0.717, 1.165) is 42.6 Å². The van der Waals surface area contributed by atoms with Gasteiger partial charge >= 0.3 is 0 Å². The summed E-state index contributed by atoms with van der Waals surface area (Å²) in [6.45, 7) is 2.20. The Bertz CT molecular complexity index is 872. The lowest BCUT2D eigenvalue weighted by Crippen LogP contribution is -2.44. The number of phenolic OH excluding ortho intramolecular Hbond substituents is 1. The summed E-state index contributed by atoms with van der Waals surface area (Å²) >= 11 is 3.59. The normalized spacial score (nSPS) is 22.6. The number of thioether (sulfide) groups is 2. The second-order valence-corrected chi connectivity index (χ2v) is 10.1. The first-order valence-corrected chi connectivity index (χ1v) is 12.4. The number of phenols is 1. The number of benzene rings is 2. The van der Waals surface area contributed by atoms with E-state index in [-0.39, 0.29) is 10.2 Å². The summed E-state index contributed by atoms with van der Waals surface area (Å²) in [6.07, 6.45) is 10.7. The Morgan fingerprint density at radius 1 is 1.07 bits per heavy atom. The van der Waals surface area contributed by atoms with E-state index in [1.54, 1.807) is 23.5 Å². The Morgan fingerprint density at radius 3 is 2.50 bits per heavy atom. The lowest BCUT2D eigenvalue weighted by Gasteiger charge is -2.48. The zero-order valence-electron chi connectivity index (χ0n) is 16.8. The zero-order chi connectivity index (χ0) is 19.7. The van der Waals surface area contributed by atoms with Crippen molar-refractivity contribution < 1.29 is 9.84 Å². The van der Waals surface area contributed by atoms with Crippen LogP contribution in [0.2, 0.25) is 0 Å². The van der Waals surface area contributed by atoms with E-state index < -0.39 is 0 Å². The first-order valence-electron chi connectivity index (χ1n) is 9.92. The predicted octanol–water partition coefficient (Wildman–Crippen LogP) is 6.39. The maximum atomic E-state index is 11.0. The molecule has 2 atom stereocenters. The molecule has 1 N–H and O–H groups in total. The number of fused-ring (bicyclic) bond motifs is 3. The average molecular weight is 413 g/mol. The van der Waals surface area contributed by atoms with Crippen LogP contribution < -0.4 is 4.74 Å². The molecule has 1 aliphatic heterocycles. The van der Waals surface area contributed by atoms with Crippen molar-refractivity contribution in [3.63, 3.8) is 0 Å². The van der Waals surface area contributed by atoms with Gasteiger partial charge in [-0.25, -0.2) is 0 Å². The molecule has 148 valence electrons. The number of hydrogen-bond donors (Lipinski definition) is 1. The molecule has 0 aromatic heterocycles. The smallest absolute Gasteiger partial charge is 0.204 e. The molecule has 0 bridgehead atoms. The average Bonchev–Trinajstić information content (AvgIpc) is 2.71. The van der Waals surface area contributed by atoms with Gasteiger partial charge in [-0.1, -0.05) is 42.0 Å². The van der Waals surface area contributed by atoms with Crippen molar-refractivity contribution in [2.75, 3.05) is 12.5 Å². The lowest BCUT2D eigenvalue weighted by atomic mass is 9.75. The molecule has 2 aliphatic rings. The van der Waals surface area contributed by atoms with Crippen molar-refractivity contribution in [1.29, 1.82) is 0 Å². The standard InChI is InChI=1S/C24H28O2S2/c1-16-9-12-20-19(13-16)23-21(25)14-18(11-10-17-7-5-4-6-8-17)15-22(23)26-24(20,27-2)28-3/h4-8,13-15,19-20,25H,9-12H2,1-3H3. The minimum Gasteiger partial charge on any atom is -0.507 e. The summed E-state index contributed by atoms with van der Waals surface area (Å²) in [4.78, 5) is 0. The number of rotatable bonds is 5. The van der Waals surface area contributed by atoms with Crippen LogP contribution in [0.4, 0.5) is 0 Å². The monoisotopic (exact) mass is 412 g/mol. The van der Waals surface area contributed by atoms with Crippen molar-refractivity contribution in [2.24, 2.45) is 5.92 Å². The highest BCUT2D eigenvalue weighted by atomic mass is 32.2. The SMILES string of the molecule is CSC1(SC)Oc2cc(CCc3ccccc3)cc(O)c2C2C=C(C)CCC21. The van der Waals surface area contributed by atoms with E-state index in [2.05, 4.69) is 55.8 Å². The fourth-order valence-corrected chi connectivity index (χ4v) is 6.76. The summed E-state index contributed by atoms with van der Waals surface area (Å²) in [5.41, 5.74) is 4.84. The third kappa shape index (κ3) is 3.57. The Hall–Kier alpha value is -1.52. The van der Waals surface area contributed by atoms with Gasteiger partial charge < -0.3 is 9.84 Å². The largest absolute Gasteiger partial charge is 0.507 e. The van der Waals surface area contributed by atoms with Crippen molar-refractivity contribution in [2.45, 2.75) is 42.8 Å². The highest BCUT2D eigenvalue weighted by molar-refractivity contribution is 8.17. The molecule has 4 rings (SSSR count). The quantitative estimate of drug-likeness (QED) is 0.455. The van der Waals surface area contributed by atoms with Crippen LogP contribution in [0.25, 0.3) is 0 Å². The van der Waals surface area contributed by atoms with E-state index in [1.165, 1.54) is 11.1 Å². The van der Waals surface area contributed by atoms with Gasteiger partial charge in [0.05, 0.1) is 0 Å². The molecule has 4 heteroatoms. The third-order valence-electron chi connectivity index (χ3n) is 6.08. The molecule has 0 spiro atoms. The van der Waals surface area contributed by atoms with Crippen molar-refractivity contribution >= 4 is 23.5 Å². The van der Waals surface area contributed by atoms with E-state index >= 15 is 0 Å². The van der Waals surface area contributed by atoms with Crippen molar-refractivity contribution in [1.82, 2.24) is 0 Å². The van der Waals surface area contributed by atoms with E-state index in [1.807, 2.05) is 12.1 Å². The minimum absolute atomic E-state index is 0.223. The van der Waals surface area contributed by atoms with Gasteiger partial charge in [-0.05, 0) is 68.4 Å². The maximum absolute atomic E-state index is 11.0. The van der Waals surface area contributed by atoms with Crippen LogP contribution in [0.15, 0.2) is 54.1 Å². The Labute approximate surface area is 176 Å². The number of ether oxygens (including phenoxy) is 1. The van der Waals surface area contributed by atoms with Crippen LogP contribution in [0, 0.1) is 5.92 Å². The molecule has 0 fully saturated rings. The zero-order valence-corrected chi connectivity index (χ0v) is 18.4. The molecule has 2 unspecified atom stereocenters. The van der Waals surface area contributed by atoms with Crippen LogP contribution in [0.5, 0.6) is 11.5 Å². The van der Waals surface area contributed by atoms with Gasteiger partial charge in [0.2, 0.25) is 4.27 Å². The molecular formula is C24H28O2S2. The molecule has 1 heterocycles. The molecule has 2 aromatic rings. The number of hydrogen-bond acceptors (Lipinski definition) is 4. The minimum atomic E-state index is -0.292. The third-order valence-corrected chi connectivity index (χ3v) is 8.99. The lowest BCUT2D eigenvalue weighted by molar-refractivity contribution is 0.135. The molecule has 0 amide bonds. The second kappa shape index (κ2) is 8.08. The molecular weight excluding hydrogens is 384 g/mol. The van der Waals surface area contributed by atoms with Gasteiger partial charge in [-0.3, -0.25) is 0 Å². The summed E-state index contributed by atoms with van der Waals surface area (Å²) in [6, 6.07) is 14.6. The molecule has 0 radical (unpaired) electrons. The Morgan fingerprint density at radius 2 is 1.79 bits per heavy atom. The van der Waals surface area contributed by atoms with E-state index in [9.17, 15) is 5.11 Å². The predicted molar refractivity (Wildman–Crippen MR) is 122 cm³/mol. The first-order chi connectivity index (χ1) is 13.6. The van der Waals surface area contributed by atoms with Gasteiger partial charge in [0.25, 0.3) is 0 Å². The van der Waals surface area contributed by atoms with Gasteiger partial charge in [0.1, 0.15) is 11.5 Å². The maximum Gasteiger partial charge on any atom is 0.204 e. The fraction of sp³-hybridized carbons (Fsp3) is 0.417. The molecule has 2 aromatic carbocycles. The molecule has 1 aliphatic carbocycles. The van der Waals surface area contributed by atoms with Crippen LogP contribution >= 0.6 is 23.5 Å². The Balaban J connectivity index is 1.70. The number of aryl methyl sites for hydroxylation is 2. The number of allylic oxidation sites excluding steroid dienone is 2. The number of aromatic hydroxyl groups is 1. The van der Waals surface area contributed by atoms with Gasteiger partial charge in [0, 0.05) is 17.4 Å². The summed E-state index contributed by atoms with van der Waals surface area (Å²) in [5, 5.41) is 11.0. The van der Waals surface area contributed by atoms with Gasteiger partial charge in [-0.2, -0.15) is 0 Å². The topological polar surface area (TPSA) is 29.5 Å². The summed E-state index contributed by atoms with van der Waals surface area (Å²) in [5.74, 6) is 1.84. The van der Waals surface area contributed by atoms with Crippen LogP contribution in [-0.4, -0.2) is 21.9 Å². The van der Waals surface area contributed by atoms with Gasteiger partial charge in [0.15, 0.2) is 0 Å². The van der Waals surface area contributed by atoms with Crippen molar-refractivity contribution in [3.05, 3.63) is 70.8 Å². The highest BCUT2D eigenvalue weighted by Crippen LogP contribution is 2.59. The summed E-state index contributed by atoms with van der Waals surface area (Å²) < 4.78 is 6.34. The van der Waals surface area contributed by atoms with Crippen LogP contribution in [0.3, 0.4) is 0 Å². The van der Waals surface area contributed by atoms with Crippen LogP contribution in [-0.2, 0) is 12.8 Å². The molecule has 0 saturated heterocycles. The van der Waals surface area contributed by atoms with Crippen molar-refractivity contribution in [3.8, 4) is 11.5 Å². The molecule has 28 heavy (non-hydrogen) atoms. The molecule has 0 saturated carbocycles. The molecule has 2 nitrogen and oxygen atoms in total. The second-order valence-electron chi connectivity index (χ2n) is 7.81. The summed E-state index contributed by atoms with van der Waals surface area (Å²) in [7, 11) is 0. The van der Waals surface area contributed by atoms with E-state index in [4.69, 9.17) is 4.74 Å². The van der Waals surface area contributed by atoms with Crippen LogP contribution in [0.1, 0.15) is 42.4 Å². The first kappa shape index (κ1) is 19.8. The Kier molecular flexibility index (Phi) is 5.71. The van der Waals surface area contributed by atoms with E-state index in [0.29, 0.717) is 11.7 Å². The van der Waals surface area contributed by atoms with Gasteiger partial charge in [-0.15, -0.1) is 23.5 Å². The highest BCUT2D eigenvalue weighted by Gasteiger charge is 2.50. The fourth-order valence-electron chi connectivity index (χ4n) is 4.61.